The number of rotatable bonds is 3. The zero-order chi connectivity index (χ0) is 13.7. The number of nitrogens with two attached hydrogens (primary N) is 1. The Balaban J connectivity index is 3.27. The van der Waals surface area contributed by atoms with Gasteiger partial charge in [0.2, 0.25) is 5.91 Å². The number of aromatic hydroxyl groups is 1. The molecule has 0 radical (unpaired) electrons. The summed E-state index contributed by atoms with van der Waals surface area (Å²) >= 11 is 0. The lowest BCUT2D eigenvalue weighted by Gasteiger charge is -2.00. The maximum absolute atomic E-state index is 10.6. The van der Waals surface area contributed by atoms with Crippen LogP contribution in [-0.2, 0) is 4.79 Å². The number of amides is 1. The summed E-state index contributed by atoms with van der Waals surface area (Å²) in [5, 5.41) is 20.2. The zero-order valence-electron chi connectivity index (χ0n) is 9.04. The summed E-state index contributed by atoms with van der Waals surface area (Å²) in [4.78, 5) is 31.0. The van der Waals surface area contributed by atoms with Crippen LogP contribution in [0.25, 0.3) is 0 Å². The van der Waals surface area contributed by atoms with E-state index in [2.05, 4.69) is 11.8 Å². The van der Waals surface area contributed by atoms with Crippen LogP contribution in [-0.4, -0.2) is 22.2 Å². The van der Waals surface area contributed by atoms with Crippen LogP contribution >= 0.6 is 0 Å². The number of hydrogen-bond acceptors (Lipinski definition) is 5. The van der Waals surface area contributed by atoms with Gasteiger partial charge in [0.25, 0.3) is 5.69 Å². The lowest BCUT2D eigenvalue weighted by Crippen LogP contribution is -2.08. The molecule has 7 nitrogen and oxygen atoms in total. The van der Waals surface area contributed by atoms with E-state index in [0.29, 0.717) is 0 Å². The average molecular weight is 248 g/mol. The van der Waals surface area contributed by atoms with Crippen LogP contribution in [0.4, 0.5) is 5.69 Å². The van der Waals surface area contributed by atoms with Crippen molar-refractivity contribution >= 4 is 17.9 Å². The number of phenols is 1. The fourth-order valence-corrected chi connectivity index (χ4v) is 1.16. The van der Waals surface area contributed by atoms with Crippen LogP contribution in [0.15, 0.2) is 12.1 Å². The molecule has 0 aliphatic rings. The number of carbonyl (C=O) groups excluding carboxylic acids is 2. The first-order chi connectivity index (χ1) is 8.45. The van der Waals surface area contributed by atoms with Gasteiger partial charge >= 0.3 is 0 Å². The Morgan fingerprint density at radius 1 is 1.56 bits per heavy atom. The number of primary amides is 1. The molecule has 0 aliphatic heterocycles. The second kappa shape index (κ2) is 5.45. The van der Waals surface area contributed by atoms with Crippen LogP contribution in [0.3, 0.4) is 0 Å². The summed E-state index contributed by atoms with van der Waals surface area (Å²) in [5.41, 5.74) is 4.14. The quantitative estimate of drug-likeness (QED) is 0.345. The molecule has 7 heteroatoms. The van der Waals surface area contributed by atoms with Crippen LogP contribution in [0.1, 0.15) is 22.3 Å². The van der Waals surface area contributed by atoms with Crippen molar-refractivity contribution in [1.82, 2.24) is 0 Å². The van der Waals surface area contributed by atoms with Gasteiger partial charge in [0.05, 0.1) is 22.5 Å². The zero-order valence-corrected chi connectivity index (χ0v) is 9.04. The number of nitrogens with zero attached hydrogens (tertiary/aromatic N) is 1. The molecule has 0 spiro atoms. The highest BCUT2D eigenvalue weighted by atomic mass is 16.6. The fourth-order valence-electron chi connectivity index (χ4n) is 1.16. The van der Waals surface area contributed by atoms with Crippen LogP contribution in [0.5, 0.6) is 5.75 Å². The van der Waals surface area contributed by atoms with Gasteiger partial charge in [-0.05, 0) is 0 Å². The van der Waals surface area contributed by atoms with Gasteiger partial charge in [-0.1, -0.05) is 11.8 Å². The number of nitro groups is 1. The minimum Gasteiger partial charge on any atom is -0.506 e. The maximum Gasteiger partial charge on any atom is 0.271 e. The SMILES string of the molecule is NC(=O)CC#Cc1cc([N+](=O)[O-])cc(C=O)c1O. The largest absolute Gasteiger partial charge is 0.506 e. The number of hydrogen-bond donors (Lipinski definition) is 2. The van der Waals surface area contributed by atoms with Crippen LogP contribution in [0, 0.1) is 22.0 Å². The van der Waals surface area contributed by atoms with E-state index < -0.39 is 16.6 Å². The van der Waals surface area contributed by atoms with Crippen LogP contribution < -0.4 is 5.73 Å². The number of non-ortho nitro benzene ring substituents is 1. The van der Waals surface area contributed by atoms with Gasteiger partial charge in [0, 0.05) is 12.1 Å². The van der Waals surface area contributed by atoms with E-state index >= 15 is 0 Å². The Kier molecular flexibility index (Phi) is 3.99. The van der Waals surface area contributed by atoms with Gasteiger partial charge in [-0.15, -0.1) is 0 Å². The van der Waals surface area contributed by atoms with Crippen molar-refractivity contribution < 1.29 is 19.6 Å². The molecule has 92 valence electrons. The van der Waals surface area contributed by atoms with E-state index in [0.717, 1.165) is 12.1 Å². The molecule has 18 heavy (non-hydrogen) atoms. The number of carbonyl (C=O) groups is 2. The molecule has 0 aromatic heterocycles. The van der Waals surface area contributed by atoms with Gasteiger partial charge in [-0.2, -0.15) is 0 Å². The summed E-state index contributed by atoms with van der Waals surface area (Å²) in [5.74, 6) is 3.56. The van der Waals surface area contributed by atoms with Gasteiger partial charge in [-0.25, -0.2) is 0 Å². The molecule has 0 unspecified atom stereocenters. The molecule has 0 atom stereocenters. The standard InChI is InChI=1S/C11H8N2O5/c12-10(15)3-1-2-7-4-9(13(17)18)5-8(6-14)11(7)16/h4-6,16H,3H2,(H2,12,15). The Morgan fingerprint density at radius 2 is 2.22 bits per heavy atom. The van der Waals surface area contributed by atoms with Gasteiger partial charge in [0.1, 0.15) is 5.75 Å². The van der Waals surface area contributed by atoms with E-state index in [4.69, 9.17) is 5.73 Å². The Labute approximate surface area is 101 Å². The molecule has 0 saturated heterocycles. The van der Waals surface area contributed by atoms with Gasteiger partial charge < -0.3 is 10.8 Å². The first-order valence-electron chi connectivity index (χ1n) is 4.69. The third kappa shape index (κ3) is 3.05. The minimum atomic E-state index is -0.717. The van der Waals surface area contributed by atoms with Crippen molar-refractivity contribution in [3.05, 3.63) is 33.4 Å². The highest BCUT2D eigenvalue weighted by Crippen LogP contribution is 2.26. The van der Waals surface area contributed by atoms with Gasteiger partial charge in [0.15, 0.2) is 6.29 Å². The summed E-state index contributed by atoms with van der Waals surface area (Å²) in [6, 6.07) is 1.94. The fraction of sp³-hybridized carbons (Fsp3) is 0.0909. The van der Waals surface area contributed by atoms with Crippen molar-refractivity contribution in [2.24, 2.45) is 5.73 Å². The third-order valence-electron chi connectivity index (χ3n) is 1.95. The highest BCUT2D eigenvalue weighted by Gasteiger charge is 2.14. The molecule has 1 amide bonds. The van der Waals surface area contributed by atoms with Crippen molar-refractivity contribution in [2.75, 3.05) is 0 Å². The third-order valence-corrected chi connectivity index (χ3v) is 1.95. The van der Waals surface area contributed by atoms with Crippen LogP contribution in [0.2, 0.25) is 0 Å². The summed E-state index contributed by atoms with van der Waals surface area (Å²) in [7, 11) is 0. The summed E-state index contributed by atoms with van der Waals surface area (Å²) in [6.07, 6.45) is 0.0279. The molecule has 0 fully saturated rings. The van der Waals surface area contributed by atoms with E-state index in [1.807, 2.05) is 0 Å². The molecular formula is C11H8N2O5. The molecule has 1 rings (SSSR count). The van der Waals surface area contributed by atoms with E-state index in [1.54, 1.807) is 0 Å². The molecular weight excluding hydrogens is 240 g/mol. The molecule has 1 aromatic rings. The molecule has 0 bridgehead atoms. The number of nitro benzene ring substituents is 1. The lowest BCUT2D eigenvalue weighted by atomic mass is 10.1. The summed E-state index contributed by atoms with van der Waals surface area (Å²) in [6.45, 7) is 0. The molecule has 0 aliphatic carbocycles. The first-order valence-corrected chi connectivity index (χ1v) is 4.69. The second-order valence-corrected chi connectivity index (χ2v) is 3.25. The number of phenolic OH excluding ortho intramolecular Hbond substituents is 1. The van der Waals surface area contributed by atoms with E-state index in [1.165, 1.54) is 0 Å². The van der Waals surface area contributed by atoms with Crippen molar-refractivity contribution in [1.29, 1.82) is 0 Å². The van der Waals surface area contributed by atoms with Crippen molar-refractivity contribution in [3.8, 4) is 17.6 Å². The molecule has 3 N–H and O–H groups in total. The predicted molar refractivity (Wildman–Crippen MR) is 60.8 cm³/mol. The van der Waals surface area contributed by atoms with Gasteiger partial charge in [-0.3, -0.25) is 19.7 Å². The Morgan fingerprint density at radius 3 is 2.72 bits per heavy atom. The first kappa shape index (κ1) is 13.2. The predicted octanol–water partition coefficient (Wildman–Crippen LogP) is 0.340. The molecule has 0 heterocycles. The molecule has 0 saturated carbocycles. The second-order valence-electron chi connectivity index (χ2n) is 3.25. The minimum absolute atomic E-state index is 0.104. The Hall–Kier alpha value is -2.88. The number of aldehydes is 1. The lowest BCUT2D eigenvalue weighted by molar-refractivity contribution is -0.384. The van der Waals surface area contributed by atoms with Crippen molar-refractivity contribution in [2.45, 2.75) is 6.42 Å². The van der Waals surface area contributed by atoms with Crippen molar-refractivity contribution in [3.63, 3.8) is 0 Å². The normalized spacial score (nSPS) is 9.11. The topological polar surface area (TPSA) is 124 Å². The highest BCUT2D eigenvalue weighted by molar-refractivity contribution is 5.83. The van der Waals surface area contributed by atoms with E-state index in [-0.39, 0.29) is 29.5 Å². The Bertz CT molecular complexity index is 583. The van der Waals surface area contributed by atoms with E-state index in [9.17, 15) is 24.8 Å². The number of benzene rings is 1. The molecule has 1 aromatic carbocycles. The summed E-state index contributed by atoms with van der Waals surface area (Å²) < 4.78 is 0. The average Bonchev–Trinajstić information content (AvgIpc) is 2.30. The smallest absolute Gasteiger partial charge is 0.271 e. The monoisotopic (exact) mass is 248 g/mol. The maximum atomic E-state index is 10.6.